The summed E-state index contributed by atoms with van der Waals surface area (Å²) in [5.41, 5.74) is 4.53. The molecule has 5 rings (SSSR count). The highest BCUT2D eigenvalue weighted by Gasteiger charge is 2.15. The summed E-state index contributed by atoms with van der Waals surface area (Å²) in [6.07, 6.45) is 1.52. The highest BCUT2D eigenvalue weighted by Crippen LogP contribution is 2.38. The number of nitrogens with one attached hydrogen (secondary N) is 2. The van der Waals surface area contributed by atoms with Gasteiger partial charge in [0.15, 0.2) is 0 Å². The van der Waals surface area contributed by atoms with E-state index in [-0.39, 0.29) is 5.69 Å². The molecule has 0 aliphatic carbocycles. The smallest absolute Gasteiger partial charge is 0.270 e. The first-order valence-electron chi connectivity index (χ1n) is 9.83. The lowest BCUT2D eigenvalue weighted by Gasteiger charge is -2.10. The minimum absolute atomic E-state index is 0.0507. The van der Waals surface area contributed by atoms with E-state index in [0.717, 1.165) is 38.4 Å². The van der Waals surface area contributed by atoms with Crippen LogP contribution in [0.15, 0.2) is 90.6 Å². The average molecular weight is 440 g/mol. The number of anilines is 4. The summed E-state index contributed by atoms with van der Waals surface area (Å²) >= 11 is 1.48. The van der Waals surface area contributed by atoms with Gasteiger partial charge in [-0.1, -0.05) is 30.3 Å². The lowest BCUT2D eigenvalue weighted by molar-refractivity contribution is -0.384. The molecule has 2 N–H and O–H groups in total. The maximum Gasteiger partial charge on any atom is 0.270 e. The number of aromatic nitrogens is 2. The Balaban J connectivity index is 1.45. The molecule has 0 atom stereocenters. The third-order valence-corrected chi connectivity index (χ3v) is 5.83. The highest BCUT2D eigenvalue weighted by molar-refractivity contribution is 7.17. The first-order chi connectivity index (χ1) is 15.7. The first kappa shape index (κ1) is 19.7. The summed E-state index contributed by atoms with van der Waals surface area (Å²) in [4.78, 5) is 20.4. The summed E-state index contributed by atoms with van der Waals surface area (Å²) in [6, 6.07) is 24.5. The summed E-state index contributed by atoms with van der Waals surface area (Å²) in [5, 5.41) is 20.7. The Kier molecular flexibility index (Phi) is 5.19. The zero-order valence-electron chi connectivity index (χ0n) is 16.7. The number of fused-ring (bicyclic) bond motifs is 1. The maximum absolute atomic E-state index is 11.2. The van der Waals surface area contributed by atoms with Crippen LogP contribution < -0.4 is 10.6 Å². The molecule has 0 aliphatic rings. The molecule has 0 saturated carbocycles. The number of thiophene rings is 1. The van der Waals surface area contributed by atoms with E-state index in [9.17, 15) is 10.1 Å². The standard InChI is InChI=1S/C24H17N5O2S/c30-29(31)20-8-4-5-16(13-20)21-14-32-24-22(21)23(25-15-26-24)28-19-11-9-18(10-12-19)27-17-6-2-1-3-7-17/h1-15,27H,(H,25,26,28). The zero-order valence-corrected chi connectivity index (χ0v) is 17.5. The van der Waals surface area contributed by atoms with Crippen LogP contribution in [-0.2, 0) is 0 Å². The topological polar surface area (TPSA) is 93.0 Å². The molecular formula is C24H17N5O2S. The Hall–Kier alpha value is -4.30. The molecule has 32 heavy (non-hydrogen) atoms. The third-order valence-electron chi connectivity index (χ3n) is 4.95. The van der Waals surface area contributed by atoms with Gasteiger partial charge in [0.05, 0.1) is 10.3 Å². The lowest BCUT2D eigenvalue weighted by Crippen LogP contribution is -1.96. The van der Waals surface area contributed by atoms with E-state index in [2.05, 4.69) is 20.6 Å². The molecule has 2 heterocycles. The Morgan fingerprint density at radius 1 is 0.812 bits per heavy atom. The van der Waals surface area contributed by atoms with Gasteiger partial charge in [-0.2, -0.15) is 0 Å². The van der Waals surface area contributed by atoms with E-state index < -0.39 is 4.92 Å². The summed E-state index contributed by atoms with van der Waals surface area (Å²) in [5.74, 6) is 0.654. The van der Waals surface area contributed by atoms with Gasteiger partial charge in [0.25, 0.3) is 5.69 Å². The number of hydrogen-bond acceptors (Lipinski definition) is 7. The number of non-ortho nitro benzene ring substituents is 1. The molecule has 0 amide bonds. The molecule has 0 saturated heterocycles. The fourth-order valence-corrected chi connectivity index (χ4v) is 4.35. The van der Waals surface area contributed by atoms with Crippen molar-refractivity contribution in [3.05, 3.63) is 101 Å². The lowest BCUT2D eigenvalue weighted by atomic mass is 10.1. The van der Waals surface area contributed by atoms with Crippen molar-refractivity contribution in [2.45, 2.75) is 0 Å². The number of nitro benzene ring substituents is 1. The van der Waals surface area contributed by atoms with E-state index in [1.807, 2.05) is 66.0 Å². The molecule has 7 nitrogen and oxygen atoms in total. The van der Waals surface area contributed by atoms with Crippen LogP contribution in [0.1, 0.15) is 0 Å². The molecule has 0 aliphatic heterocycles. The van der Waals surface area contributed by atoms with Gasteiger partial charge in [-0.05, 0) is 42.0 Å². The molecule has 0 radical (unpaired) electrons. The van der Waals surface area contributed by atoms with Crippen molar-refractivity contribution in [2.75, 3.05) is 10.6 Å². The Morgan fingerprint density at radius 3 is 2.28 bits per heavy atom. The Bertz CT molecular complexity index is 1400. The number of nitrogens with zero attached hydrogens (tertiary/aromatic N) is 3. The summed E-state index contributed by atoms with van der Waals surface area (Å²) < 4.78 is 0. The van der Waals surface area contributed by atoms with Gasteiger partial charge in [0.1, 0.15) is 17.0 Å². The van der Waals surface area contributed by atoms with Crippen molar-refractivity contribution < 1.29 is 4.92 Å². The molecular weight excluding hydrogens is 422 g/mol. The van der Waals surface area contributed by atoms with Gasteiger partial charge in [-0.3, -0.25) is 10.1 Å². The number of para-hydroxylation sites is 1. The SMILES string of the molecule is O=[N+]([O-])c1cccc(-c2csc3ncnc(Nc4ccc(Nc5ccccc5)cc4)c23)c1. The molecule has 0 unspecified atom stereocenters. The minimum Gasteiger partial charge on any atom is -0.356 e. The van der Waals surface area contributed by atoms with Crippen LogP contribution >= 0.6 is 11.3 Å². The Labute approximate surface area is 187 Å². The zero-order chi connectivity index (χ0) is 21.9. The van der Waals surface area contributed by atoms with Crippen molar-refractivity contribution in [1.29, 1.82) is 0 Å². The van der Waals surface area contributed by atoms with Gasteiger partial charge in [0.2, 0.25) is 0 Å². The highest BCUT2D eigenvalue weighted by atomic mass is 32.1. The fourth-order valence-electron chi connectivity index (χ4n) is 3.43. The molecule has 0 spiro atoms. The van der Waals surface area contributed by atoms with Crippen LogP contribution in [0.25, 0.3) is 21.3 Å². The van der Waals surface area contributed by atoms with Gasteiger partial charge < -0.3 is 10.6 Å². The number of hydrogen-bond donors (Lipinski definition) is 2. The van der Waals surface area contributed by atoms with Crippen LogP contribution in [0.5, 0.6) is 0 Å². The molecule has 5 aromatic rings. The third kappa shape index (κ3) is 3.99. The molecule has 156 valence electrons. The Morgan fingerprint density at radius 2 is 1.53 bits per heavy atom. The predicted octanol–water partition coefficient (Wildman–Crippen LogP) is 6.75. The first-order valence-corrected chi connectivity index (χ1v) is 10.7. The van der Waals surface area contributed by atoms with Crippen LogP contribution in [0, 0.1) is 10.1 Å². The number of benzene rings is 3. The second-order valence-corrected chi connectivity index (χ2v) is 7.91. The normalized spacial score (nSPS) is 10.8. The van der Waals surface area contributed by atoms with E-state index in [1.54, 1.807) is 12.1 Å². The molecule has 0 bridgehead atoms. The summed E-state index contributed by atoms with van der Waals surface area (Å²) in [6.45, 7) is 0. The largest absolute Gasteiger partial charge is 0.356 e. The molecule has 8 heteroatoms. The van der Waals surface area contributed by atoms with E-state index in [1.165, 1.54) is 23.7 Å². The van der Waals surface area contributed by atoms with Crippen molar-refractivity contribution in [1.82, 2.24) is 9.97 Å². The summed E-state index contributed by atoms with van der Waals surface area (Å²) in [7, 11) is 0. The van der Waals surface area contributed by atoms with Crippen LogP contribution in [0.4, 0.5) is 28.6 Å². The van der Waals surface area contributed by atoms with Gasteiger partial charge in [0, 0.05) is 40.1 Å². The minimum atomic E-state index is -0.390. The molecule has 2 aromatic heterocycles. The number of nitro groups is 1. The van der Waals surface area contributed by atoms with Crippen molar-refractivity contribution in [3.63, 3.8) is 0 Å². The van der Waals surface area contributed by atoms with Crippen LogP contribution in [0.2, 0.25) is 0 Å². The van der Waals surface area contributed by atoms with Gasteiger partial charge in [-0.15, -0.1) is 11.3 Å². The second kappa shape index (κ2) is 8.44. The number of rotatable bonds is 6. The van der Waals surface area contributed by atoms with E-state index >= 15 is 0 Å². The fraction of sp³-hybridized carbons (Fsp3) is 0. The predicted molar refractivity (Wildman–Crippen MR) is 129 cm³/mol. The second-order valence-electron chi connectivity index (χ2n) is 7.05. The average Bonchev–Trinajstić information content (AvgIpc) is 3.26. The maximum atomic E-state index is 11.2. The van der Waals surface area contributed by atoms with Gasteiger partial charge >= 0.3 is 0 Å². The van der Waals surface area contributed by atoms with Crippen molar-refractivity contribution in [3.8, 4) is 11.1 Å². The van der Waals surface area contributed by atoms with E-state index in [4.69, 9.17) is 0 Å². The van der Waals surface area contributed by atoms with Crippen LogP contribution in [0.3, 0.4) is 0 Å². The van der Waals surface area contributed by atoms with Crippen molar-refractivity contribution in [2.24, 2.45) is 0 Å². The van der Waals surface area contributed by atoms with Crippen molar-refractivity contribution >= 4 is 50.1 Å². The monoisotopic (exact) mass is 439 g/mol. The van der Waals surface area contributed by atoms with E-state index in [0.29, 0.717) is 5.82 Å². The molecule has 3 aromatic carbocycles. The van der Waals surface area contributed by atoms with Gasteiger partial charge in [-0.25, -0.2) is 9.97 Å². The van der Waals surface area contributed by atoms with Crippen LogP contribution in [-0.4, -0.2) is 14.9 Å². The quantitative estimate of drug-likeness (QED) is 0.224. The molecule has 0 fully saturated rings.